The van der Waals surface area contributed by atoms with Gasteiger partial charge in [0.15, 0.2) is 0 Å². The van der Waals surface area contributed by atoms with Gasteiger partial charge >= 0.3 is 0 Å². The molecule has 11 rings (SSSR count). The Balaban J connectivity index is 1.21. The minimum atomic E-state index is -0.0855. The van der Waals surface area contributed by atoms with Crippen LogP contribution in [-0.4, -0.2) is 37.5 Å². The molecule has 2 saturated heterocycles. The summed E-state index contributed by atoms with van der Waals surface area (Å²) >= 11 is 0. The molecule has 1 aromatic rings. The van der Waals surface area contributed by atoms with E-state index in [1.54, 1.807) is 82.6 Å². The molecular weight excluding hydrogens is 594 g/mol. The smallest absolute Gasteiger partial charge is 0.0213 e. The molecule has 2 N–H and O–H groups in total. The van der Waals surface area contributed by atoms with Crippen molar-refractivity contribution in [2.24, 2.45) is 46.3 Å². The second-order valence-electron chi connectivity index (χ2n) is 20.0. The summed E-state index contributed by atoms with van der Waals surface area (Å²) in [5.41, 5.74) is 8.25. The highest BCUT2D eigenvalue weighted by molar-refractivity contribution is 7.58. The summed E-state index contributed by atoms with van der Waals surface area (Å²) in [5, 5.41) is 8.03. The monoisotopic (exact) mass is 660 g/mol. The topological polar surface area (TPSA) is 24.1 Å². The van der Waals surface area contributed by atoms with E-state index >= 15 is 0 Å². The summed E-state index contributed by atoms with van der Waals surface area (Å²) in [6.45, 7) is 12.4. The van der Waals surface area contributed by atoms with E-state index in [1.807, 2.05) is 11.1 Å². The maximum absolute atomic E-state index is 3.95. The zero-order valence-corrected chi connectivity index (χ0v) is 31.8. The molecule has 10 fully saturated rings. The average Bonchev–Trinajstić information content (AvgIpc) is 3.02. The average molecular weight is 661 g/mol. The Morgan fingerprint density at radius 1 is 0.696 bits per heavy atom. The van der Waals surface area contributed by atoms with Crippen LogP contribution in [-0.2, 0) is 16.7 Å². The molecule has 1 aromatic carbocycles. The van der Waals surface area contributed by atoms with Crippen molar-refractivity contribution in [3.05, 3.63) is 34.9 Å². The molecule has 3 unspecified atom stereocenters. The Labute approximate surface area is 285 Å². The fourth-order valence-corrected chi connectivity index (χ4v) is 19.4. The van der Waals surface area contributed by atoms with E-state index in [-0.39, 0.29) is 18.5 Å². The summed E-state index contributed by atoms with van der Waals surface area (Å²) in [5.74, 6) is 6.06. The maximum atomic E-state index is 3.95. The van der Waals surface area contributed by atoms with E-state index in [4.69, 9.17) is 0 Å². The van der Waals surface area contributed by atoms with Gasteiger partial charge < -0.3 is 10.6 Å². The van der Waals surface area contributed by atoms with Crippen LogP contribution in [0.15, 0.2) is 18.2 Å². The van der Waals surface area contributed by atoms with Crippen molar-refractivity contribution < 1.29 is 0 Å². The number of hydrogen-bond acceptors (Lipinski definition) is 2. The van der Waals surface area contributed by atoms with Crippen LogP contribution < -0.4 is 10.6 Å². The third-order valence-corrected chi connectivity index (χ3v) is 21.0. The normalized spacial score (nSPS) is 45.1. The molecule has 2 aliphatic heterocycles. The molecule has 0 amide bonds. The third kappa shape index (κ3) is 5.21. The quantitative estimate of drug-likeness (QED) is 0.285. The number of benzene rings is 1. The Bertz CT molecular complexity index is 1150. The van der Waals surface area contributed by atoms with Crippen molar-refractivity contribution in [1.82, 2.24) is 10.6 Å². The van der Waals surface area contributed by atoms with Crippen molar-refractivity contribution in [2.45, 2.75) is 152 Å². The van der Waals surface area contributed by atoms with Crippen LogP contribution in [0, 0.1) is 46.3 Å². The Hall–Kier alpha value is -0.0000000000000000555. The molecule has 8 saturated carbocycles. The van der Waals surface area contributed by atoms with Crippen LogP contribution in [0.3, 0.4) is 0 Å². The zero-order chi connectivity index (χ0) is 31.3. The first kappa shape index (κ1) is 31.9. The molecule has 0 aromatic heterocycles. The summed E-state index contributed by atoms with van der Waals surface area (Å²) in [7, 11) is 3.86. The van der Waals surface area contributed by atoms with Crippen molar-refractivity contribution in [3.63, 3.8) is 0 Å². The Morgan fingerprint density at radius 2 is 1.13 bits per heavy atom. The van der Waals surface area contributed by atoms with Crippen LogP contribution in [0.5, 0.6) is 0 Å². The van der Waals surface area contributed by atoms with Gasteiger partial charge in [-0.05, 0) is 202 Å². The van der Waals surface area contributed by atoms with Gasteiger partial charge in [0.2, 0.25) is 0 Å². The van der Waals surface area contributed by atoms with Gasteiger partial charge in [0.25, 0.3) is 0 Å². The minimum Gasteiger partial charge on any atom is -0.316 e. The van der Waals surface area contributed by atoms with E-state index in [9.17, 15) is 0 Å². The number of piperidine rings is 2. The van der Waals surface area contributed by atoms with Crippen molar-refractivity contribution in [1.29, 1.82) is 0 Å². The van der Waals surface area contributed by atoms with E-state index in [1.165, 1.54) is 58.0 Å². The van der Waals surface area contributed by atoms with Crippen LogP contribution in [0.2, 0.25) is 0 Å². The molecule has 8 aliphatic carbocycles. The van der Waals surface area contributed by atoms with Crippen molar-refractivity contribution in [2.75, 3.05) is 26.2 Å². The van der Waals surface area contributed by atoms with Crippen LogP contribution in [0.1, 0.15) is 140 Å². The van der Waals surface area contributed by atoms with E-state index in [0.29, 0.717) is 10.8 Å². The highest BCUT2D eigenvalue weighted by Gasteiger charge is 2.69. The standard InChI is InChI=1S/C42H66N2P2/c1-39(2,3)35-8-9-38(34(18-35)27-46(36-6-4-10-43-25-36)37-7-5-11-44-26-37)42(45,40-19-28-12-29(20-40)14-30(13-28)21-40)41-22-31-15-32(23-41)17-33(16-31)24-41/h8-9,18,28-33,36-37,43-44H,4-7,10-17,19-27,45H2,1-3H3. The third-order valence-electron chi connectivity index (χ3n) is 16.0. The lowest BCUT2D eigenvalue weighted by Gasteiger charge is -2.72. The van der Waals surface area contributed by atoms with Gasteiger partial charge in [-0.2, -0.15) is 0 Å². The fourth-order valence-electron chi connectivity index (χ4n) is 14.9. The van der Waals surface area contributed by atoms with Gasteiger partial charge in [-0.3, -0.25) is 0 Å². The SMILES string of the molecule is CC(C)(C)c1ccc(C(P)(C23CC4CC(CC(C4)C2)C3)C23CC4CC(CC(C4)C2)C3)c(CP(C2CCCNC2)C2CCCNC2)c1. The Morgan fingerprint density at radius 3 is 1.50 bits per heavy atom. The predicted octanol–water partition coefficient (Wildman–Crippen LogP) is 9.97. The molecule has 8 bridgehead atoms. The van der Waals surface area contributed by atoms with Crippen LogP contribution in [0.4, 0.5) is 0 Å². The van der Waals surface area contributed by atoms with Gasteiger partial charge in [0.1, 0.15) is 0 Å². The molecule has 254 valence electrons. The summed E-state index contributed by atoms with van der Waals surface area (Å²) in [4.78, 5) is 0. The molecule has 46 heavy (non-hydrogen) atoms. The summed E-state index contributed by atoms with van der Waals surface area (Å²) in [6.07, 6.45) is 25.7. The number of hydrogen-bond donors (Lipinski definition) is 2. The van der Waals surface area contributed by atoms with Gasteiger partial charge in [0, 0.05) is 18.2 Å². The lowest BCUT2D eigenvalue weighted by atomic mass is 9.37. The number of nitrogens with one attached hydrogen (secondary N) is 2. The zero-order valence-electron chi connectivity index (χ0n) is 29.7. The lowest BCUT2D eigenvalue weighted by molar-refractivity contribution is -0.158. The number of rotatable bonds is 7. The van der Waals surface area contributed by atoms with Gasteiger partial charge in [-0.15, -0.1) is 9.24 Å². The first-order chi connectivity index (χ1) is 22.1. The van der Waals surface area contributed by atoms with Crippen LogP contribution in [0.25, 0.3) is 0 Å². The second-order valence-corrected chi connectivity index (χ2v) is 23.7. The lowest BCUT2D eigenvalue weighted by Crippen LogP contribution is -2.64. The molecule has 2 nitrogen and oxygen atoms in total. The molecule has 0 spiro atoms. The van der Waals surface area contributed by atoms with Crippen LogP contribution >= 0.6 is 17.2 Å². The molecule has 2 heterocycles. The largest absolute Gasteiger partial charge is 0.316 e. The Kier molecular flexibility index (Phi) is 8.18. The van der Waals surface area contributed by atoms with Gasteiger partial charge in [0.05, 0.1) is 0 Å². The van der Waals surface area contributed by atoms with E-state index in [0.717, 1.165) is 46.8 Å². The van der Waals surface area contributed by atoms with Gasteiger partial charge in [-0.25, -0.2) is 0 Å². The van der Waals surface area contributed by atoms with Crippen molar-refractivity contribution in [3.8, 4) is 0 Å². The summed E-state index contributed by atoms with van der Waals surface area (Å²) in [6, 6.07) is 8.29. The summed E-state index contributed by atoms with van der Waals surface area (Å²) < 4.78 is 0. The van der Waals surface area contributed by atoms with Gasteiger partial charge in [-0.1, -0.05) is 46.9 Å². The molecule has 3 atom stereocenters. The predicted molar refractivity (Wildman–Crippen MR) is 200 cm³/mol. The molecule has 4 heteroatoms. The highest BCUT2D eigenvalue weighted by Crippen LogP contribution is 2.78. The van der Waals surface area contributed by atoms with E-state index < -0.39 is 0 Å². The fraction of sp³-hybridized carbons (Fsp3) is 0.857. The first-order valence-corrected chi connectivity index (χ1v) is 22.5. The first-order valence-electron chi connectivity index (χ1n) is 20.2. The minimum absolute atomic E-state index is 0.0855. The molecule has 10 aliphatic rings. The van der Waals surface area contributed by atoms with Crippen molar-refractivity contribution >= 4 is 17.2 Å². The molecule has 0 radical (unpaired) electrons. The molecular formula is C42H66N2P2. The van der Waals surface area contributed by atoms with E-state index in [2.05, 4.69) is 58.8 Å². The maximum Gasteiger partial charge on any atom is 0.0213 e. The second kappa shape index (κ2) is 11.8. The highest BCUT2D eigenvalue weighted by atomic mass is 31.1.